The van der Waals surface area contributed by atoms with E-state index in [4.69, 9.17) is 0 Å². The number of carbonyl (C=O) groups excluding carboxylic acids is 2. The zero-order valence-electron chi connectivity index (χ0n) is 15.7. The number of carbonyl (C=O) groups is 2. The van der Waals surface area contributed by atoms with E-state index in [0.717, 1.165) is 11.3 Å². The minimum absolute atomic E-state index is 0.124. The molecule has 0 saturated heterocycles. The molecular weight excluding hydrogens is 354 g/mol. The Bertz CT molecular complexity index is 941. The lowest BCUT2D eigenvalue weighted by Gasteiger charge is -2.17. The van der Waals surface area contributed by atoms with Gasteiger partial charge in [0, 0.05) is 44.3 Å². The smallest absolute Gasteiger partial charge is 0.257 e. The Morgan fingerprint density at radius 2 is 1.54 bits per heavy atom. The highest BCUT2D eigenvalue weighted by Gasteiger charge is 2.13. The standard InChI is InChI=1S/C21H21N5O2/c1-15(27)24-18-8-10-19(11-9-18)25-21-22-12-17(13-23-21)20(28)26(2)14-16-6-4-3-5-7-16/h3-13H,14H2,1-2H3,(H,24,27)(H,22,23,25). The highest BCUT2D eigenvalue weighted by atomic mass is 16.2. The molecule has 0 spiro atoms. The van der Waals surface area contributed by atoms with Crippen LogP contribution in [0.4, 0.5) is 17.3 Å². The first kappa shape index (κ1) is 19.0. The van der Waals surface area contributed by atoms with Gasteiger partial charge in [0.05, 0.1) is 5.56 Å². The van der Waals surface area contributed by atoms with Gasteiger partial charge in [0.25, 0.3) is 5.91 Å². The summed E-state index contributed by atoms with van der Waals surface area (Å²) < 4.78 is 0. The molecule has 7 heteroatoms. The maximum Gasteiger partial charge on any atom is 0.257 e. The van der Waals surface area contributed by atoms with Crippen molar-refractivity contribution < 1.29 is 9.59 Å². The third-order valence-electron chi connectivity index (χ3n) is 3.97. The van der Waals surface area contributed by atoms with Gasteiger partial charge in [0.15, 0.2) is 0 Å². The van der Waals surface area contributed by atoms with Crippen molar-refractivity contribution in [3.63, 3.8) is 0 Å². The van der Waals surface area contributed by atoms with Crippen molar-refractivity contribution >= 4 is 29.1 Å². The van der Waals surface area contributed by atoms with Gasteiger partial charge in [0.1, 0.15) is 0 Å². The van der Waals surface area contributed by atoms with Crippen molar-refractivity contribution in [3.05, 3.63) is 78.1 Å². The zero-order valence-corrected chi connectivity index (χ0v) is 15.7. The number of hydrogen-bond donors (Lipinski definition) is 2. The van der Waals surface area contributed by atoms with Gasteiger partial charge in [-0.1, -0.05) is 30.3 Å². The quantitative estimate of drug-likeness (QED) is 0.689. The van der Waals surface area contributed by atoms with E-state index in [-0.39, 0.29) is 11.8 Å². The Kier molecular flexibility index (Phi) is 5.96. The third-order valence-corrected chi connectivity index (χ3v) is 3.97. The Labute approximate surface area is 163 Å². The van der Waals surface area contributed by atoms with Crippen molar-refractivity contribution in [1.82, 2.24) is 14.9 Å². The van der Waals surface area contributed by atoms with E-state index >= 15 is 0 Å². The Morgan fingerprint density at radius 3 is 2.14 bits per heavy atom. The van der Waals surface area contributed by atoms with E-state index in [2.05, 4.69) is 20.6 Å². The summed E-state index contributed by atoms with van der Waals surface area (Å²) in [6, 6.07) is 17.0. The second-order valence-electron chi connectivity index (χ2n) is 6.33. The number of rotatable bonds is 6. The highest BCUT2D eigenvalue weighted by Crippen LogP contribution is 2.17. The van der Waals surface area contributed by atoms with Crippen molar-refractivity contribution in [2.24, 2.45) is 0 Å². The van der Waals surface area contributed by atoms with Crippen LogP contribution in [0.3, 0.4) is 0 Å². The number of aromatic nitrogens is 2. The molecule has 1 heterocycles. The average molecular weight is 375 g/mol. The number of nitrogens with one attached hydrogen (secondary N) is 2. The molecule has 7 nitrogen and oxygen atoms in total. The maximum atomic E-state index is 12.5. The van der Waals surface area contributed by atoms with Gasteiger partial charge in [-0.3, -0.25) is 9.59 Å². The second-order valence-corrected chi connectivity index (χ2v) is 6.33. The molecular formula is C21H21N5O2. The van der Waals surface area contributed by atoms with Crippen LogP contribution in [0.2, 0.25) is 0 Å². The molecule has 2 aromatic carbocycles. The van der Waals surface area contributed by atoms with Crippen LogP contribution in [-0.2, 0) is 11.3 Å². The molecule has 0 aliphatic heterocycles. The predicted octanol–water partition coefficient (Wildman–Crippen LogP) is 3.45. The van der Waals surface area contributed by atoms with Crippen LogP contribution in [0.5, 0.6) is 0 Å². The first-order chi connectivity index (χ1) is 13.5. The van der Waals surface area contributed by atoms with Crippen LogP contribution in [0, 0.1) is 0 Å². The summed E-state index contributed by atoms with van der Waals surface area (Å²) in [6.07, 6.45) is 3.01. The van der Waals surface area contributed by atoms with Gasteiger partial charge in [-0.25, -0.2) is 9.97 Å². The molecule has 3 aromatic rings. The number of nitrogens with zero attached hydrogens (tertiary/aromatic N) is 3. The molecule has 0 atom stereocenters. The second kappa shape index (κ2) is 8.77. The fraction of sp³-hybridized carbons (Fsp3) is 0.143. The molecule has 2 N–H and O–H groups in total. The molecule has 0 saturated carbocycles. The Morgan fingerprint density at radius 1 is 0.929 bits per heavy atom. The molecule has 28 heavy (non-hydrogen) atoms. The summed E-state index contributed by atoms with van der Waals surface area (Å²) in [6.45, 7) is 1.97. The molecule has 0 aliphatic rings. The average Bonchev–Trinajstić information content (AvgIpc) is 2.70. The van der Waals surface area contributed by atoms with Crippen LogP contribution in [0.25, 0.3) is 0 Å². The molecule has 0 bridgehead atoms. The van der Waals surface area contributed by atoms with E-state index in [0.29, 0.717) is 23.7 Å². The zero-order chi connectivity index (χ0) is 19.9. The first-order valence-electron chi connectivity index (χ1n) is 8.77. The molecule has 3 rings (SSSR count). The lowest BCUT2D eigenvalue weighted by Crippen LogP contribution is -2.26. The predicted molar refractivity (Wildman–Crippen MR) is 108 cm³/mol. The number of benzene rings is 2. The molecule has 142 valence electrons. The van der Waals surface area contributed by atoms with Crippen LogP contribution < -0.4 is 10.6 Å². The summed E-state index contributed by atoms with van der Waals surface area (Å²) in [4.78, 5) is 33.6. The van der Waals surface area contributed by atoms with E-state index in [9.17, 15) is 9.59 Å². The highest BCUT2D eigenvalue weighted by molar-refractivity contribution is 5.93. The van der Waals surface area contributed by atoms with E-state index < -0.39 is 0 Å². The summed E-state index contributed by atoms with van der Waals surface area (Å²) >= 11 is 0. The fourth-order valence-corrected chi connectivity index (χ4v) is 2.62. The molecule has 0 aliphatic carbocycles. The Hall–Kier alpha value is -3.74. The van der Waals surface area contributed by atoms with Crippen LogP contribution in [-0.4, -0.2) is 33.7 Å². The monoisotopic (exact) mass is 375 g/mol. The number of amides is 2. The topological polar surface area (TPSA) is 87.2 Å². The SMILES string of the molecule is CC(=O)Nc1ccc(Nc2ncc(C(=O)N(C)Cc3ccccc3)cn2)cc1. The lowest BCUT2D eigenvalue weighted by molar-refractivity contribution is -0.114. The maximum absolute atomic E-state index is 12.5. The number of hydrogen-bond acceptors (Lipinski definition) is 5. The van der Waals surface area contributed by atoms with E-state index in [1.807, 2.05) is 30.3 Å². The van der Waals surface area contributed by atoms with Gasteiger partial charge >= 0.3 is 0 Å². The van der Waals surface area contributed by atoms with Gasteiger partial charge in [-0.05, 0) is 29.8 Å². The summed E-state index contributed by atoms with van der Waals surface area (Å²) in [5.41, 5.74) is 2.96. The third kappa shape index (κ3) is 5.14. The number of anilines is 3. The summed E-state index contributed by atoms with van der Waals surface area (Å²) in [5.74, 6) is 0.117. The minimum Gasteiger partial charge on any atom is -0.337 e. The van der Waals surface area contributed by atoms with Crippen molar-refractivity contribution in [2.45, 2.75) is 13.5 Å². The van der Waals surface area contributed by atoms with Gasteiger partial charge in [0.2, 0.25) is 11.9 Å². The normalized spacial score (nSPS) is 10.2. The van der Waals surface area contributed by atoms with E-state index in [1.54, 1.807) is 36.2 Å². The van der Waals surface area contributed by atoms with Gasteiger partial charge in [-0.2, -0.15) is 0 Å². The molecule has 1 aromatic heterocycles. The van der Waals surface area contributed by atoms with Crippen molar-refractivity contribution in [1.29, 1.82) is 0 Å². The van der Waals surface area contributed by atoms with Crippen LogP contribution >= 0.6 is 0 Å². The molecule has 0 unspecified atom stereocenters. The van der Waals surface area contributed by atoms with E-state index in [1.165, 1.54) is 19.3 Å². The van der Waals surface area contributed by atoms with Gasteiger partial charge < -0.3 is 15.5 Å². The molecule has 0 radical (unpaired) electrons. The molecule has 0 fully saturated rings. The first-order valence-corrected chi connectivity index (χ1v) is 8.77. The largest absolute Gasteiger partial charge is 0.337 e. The lowest BCUT2D eigenvalue weighted by atomic mass is 10.2. The summed E-state index contributed by atoms with van der Waals surface area (Å²) in [5, 5.41) is 5.76. The van der Waals surface area contributed by atoms with Crippen molar-refractivity contribution in [3.8, 4) is 0 Å². The minimum atomic E-state index is -0.143. The summed E-state index contributed by atoms with van der Waals surface area (Å²) in [7, 11) is 1.75. The van der Waals surface area contributed by atoms with Crippen LogP contribution in [0.1, 0.15) is 22.8 Å². The molecule has 2 amide bonds. The Balaban J connectivity index is 1.61. The van der Waals surface area contributed by atoms with Crippen LogP contribution in [0.15, 0.2) is 67.0 Å². The van der Waals surface area contributed by atoms with Crippen molar-refractivity contribution in [2.75, 3.05) is 17.7 Å². The fourth-order valence-electron chi connectivity index (χ4n) is 2.62. The van der Waals surface area contributed by atoms with Gasteiger partial charge in [-0.15, -0.1) is 0 Å².